The fourth-order valence-electron chi connectivity index (χ4n) is 2.23. The molecule has 0 fully saturated rings. The fourth-order valence-corrected chi connectivity index (χ4v) is 3.84. The number of hydrogen-bond donors (Lipinski definition) is 1. The summed E-state index contributed by atoms with van der Waals surface area (Å²) in [5, 5.41) is 1.03. The Morgan fingerprint density at radius 2 is 1.95 bits per heavy atom. The third kappa shape index (κ3) is 2.99. The van der Waals surface area contributed by atoms with E-state index >= 15 is 0 Å². The molecule has 3 rings (SSSR count). The van der Waals surface area contributed by atoms with Crippen molar-refractivity contribution in [3.05, 3.63) is 64.8 Å². The summed E-state index contributed by atoms with van der Waals surface area (Å²) < 4.78 is 13.5. The Labute approximate surface area is 133 Å². The molecule has 2 aromatic carbocycles. The number of aromatic nitrogens is 1. The lowest BCUT2D eigenvalue weighted by atomic mass is 10.1. The predicted molar refractivity (Wildman–Crippen MR) is 90.4 cm³/mol. The number of para-hydroxylation sites is 1. The SMILES string of the molecule is Nc1cc(Br)ccc1S(=O)Cc1ccnc2ccccc12. The molecule has 0 amide bonds. The maximum Gasteiger partial charge on any atom is 0.0705 e. The highest BCUT2D eigenvalue weighted by Gasteiger charge is 2.11. The molecule has 0 saturated heterocycles. The van der Waals surface area contributed by atoms with Crippen LogP contribution in [0.4, 0.5) is 5.69 Å². The molecule has 0 bridgehead atoms. The Morgan fingerprint density at radius 3 is 2.76 bits per heavy atom. The predicted octanol–water partition coefficient (Wildman–Crippen LogP) is 3.89. The molecular formula is C16H13BrN2OS. The summed E-state index contributed by atoms with van der Waals surface area (Å²) in [7, 11) is -1.18. The van der Waals surface area contributed by atoms with Crippen molar-refractivity contribution < 1.29 is 4.21 Å². The van der Waals surface area contributed by atoms with E-state index in [2.05, 4.69) is 20.9 Å². The largest absolute Gasteiger partial charge is 0.398 e. The van der Waals surface area contributed by atoms with Gasteiger partial charge in [0, 0.05) is 21.7 Å². The van der Waals surface area contributed by atoms with E-state index in [1.807, 2.05) is 36.4 Å². The van der Waals surface area contributed by atoms with E-state index < -0.39 is 10.8 Å². The molecule has 0 radical (unpaired) electrons. The first-order valence-corrected chi connectivity index (χ1v) is 8.52. The second-order valence-corrected chi connectivity index (χ2v) is 6.99. The first kappa shape index (κ1) is 14.2. The molecule has 3 aromatic rings. The molecule has 0 aliphatic carbocycles. The first-order chi connectivity index (χ1) is 10.1. The number of anilines is 1. The molecule has 0 aliphatic rings. The van der Waals surface area contributed by atoms with Gasteiger partial charge in [0.1, 0.15) is 0 Å². The second kappa shape index (κ2) is 5.95. The molecule has 1 unspecified atom stereocenters. The van der Waals surface area contributed by atoms with Crippen molar-refractivity contribution in [2.45, 2.75) is 10.6 Å². The van der Waals surface area contributed by atoms with Gasteiger partial charge in [0.25, 0.3) is 0 Å². The first-order valence-electron chi connectivity index (χ1n) is 6.41. The topological polar surface area (TPSA) is 56.0 Å². The van der Waals surface area contributed by atoms with Crippen LogP contribution in [0, 0.1) is 0 Å². The summed E-state index contributed by atoms with van der Waals surface area (Å²) in [6.45, 7) is 0. The van der Waals surface area contributed by atoms with Crippen LogP contribution < -0.4 is 5.73 Å². The van der Waals surface area contributed by atoms with E-state index in [0.717, 1.165) is 20.9 Å². The second-order valence-electron chi connectivity index (χ2n) is 4.66. The van der Waals surface area contributed by atoms with Crippen molar-refractivity contribution >= 4 is 43.3 Å². The minimum absolute atomic E-state index is 0.425. The highest BCUT2D eigenvalue weighted by atomic mass is 79.9. The van der Waals surface area contributed by atoms with E-state index in [9.17, 15) is 4.21 Å². The van der Waals surface area contributed by atoms with Crippen LogP contribution in [0.5, 0.6) is 0 Å². The number of nitrogens with zero attached hydrogens (tertiary/aromatic N) is 1. The van der Waals surface area contributed by atoms with Crippen LogP contribution in [0.1, 0.15) is 5.56 Å². The van der Waals surface area contributed by atoms with Gasteiger partial charge in [0.2, 0.25) is 0 Å². The number of benzene rings is 2. The number of pyridine rings is 1. The highest BCUT2D eigenvalue weighted by Crippen LogP contribution is 2.25. The Hall–Kier alpha value is -1.72. The average Bonchev–Trinajstić information content (AvgIpc) is 2.47. The normalized spacial score (nSPS) is 12.4. The Morgan fingerprint density at radius 1 is 1.14 bits per heavy atom. The lowest BCUT2D eigenvalue weighted by Gasteiger charge is -2.08. The summed E-state index contributed by atoms with van der Waals surface area (Å²) >= 11 is 3.36. The number of rotatable bonds is 3. The van der Waals surface area contributed by atoms with Gasteiger partial charge in [-0.1, -0.05) is 34.1 Å². The van der Waals surface area contributed by atoms with E-state index in [-0.39, 0.29) is 0 Å². The van der Waals surface area contributed by atoms with Crippen molar-refractivity contribution in [2.75, 3.05) is 5.73 Å². The van der Waals surface area contributed by atoms with Gasteiger partial charge in [0.15, 0.2) is 0 Å². The Kier molecular flexibility index (Phi) is 4.03. The number of nitrogen functional groups attached to an aromatic ring is 1. The molecule has 1 aromatic heterocycles. The zero-order valence-corrected chi connectivity index (χ0v) is 13.5. The monoisotopic (exact) mass is 360 g/mol. The van der Waals surface area contributed by atoms with Crippen molar-refractivity contribution in [3.63, 3.8) is 0 Å². The summed E-state index contributed by atoms with van der Waals surface area (Å²) in [6.07, 6.45) is 1.75. The third-order valence-electron chi connectivity index (χ3n) is 3.24. The summed E-state index contributed by atoms with van der Waals surface area (Å²) in [5.41, 5.74) is 8.42. The van der Waals surface area contributed by atoms with Crippen LogP contribution >= 0.6 is 15.9 Å². The van der Waals surface area contributed by atoms with Crippen LogP contribution in [0.2, 0.25) is 0 Å². The van der Waals surface area contributed by atoms with Crippen LogP contribution in [-0.2, 0) is 16.6 Å². The van der Waals surface area contributed by atoms with Crippen molar-refractivity contribution in [3.8, 4) is 0 Å². The summed E-state index contributed by atoms with van der Waals surface area (Å²) in [6, 6.07) is 15.2. The minimum atomic E-state index is -1.18. The molecular weight excluding hydrogens is 348 g/mol. The maximum atomic E-state index is 12.6. The van der Waals surface area contributed by atoms with Gasteiger partial charge < -0.3 is 5.73 Å². The lowest BCUT2D eigenvalue weighted by Crippen LogP contribution is -2.01. The maximum absolute atomic E-state index is 12.6. The molecule has 1 atom stereocenters. The number of halogens is 1. The molecule has 2 N–H and O–H groups in total. The summed E-state index contributed by atoms with van der Waals surface area (Å²) in [4.78, 5) is 4.99. The van der Waals surface area contributed by atoms with Crippen molar-refractivity contribution in [1.29, 1.82) is 0 Å². The van der Waals surface area contributed by atoms with Crippen LogP contribution in [0.15, 0.2) is 64.1 Å². The lowest BCUT2D eigenvalue weighted by molar-refractivity contribution is 0.683. The minimum Gasteiger partial charge on any atom is -0.398 e. The molecule has 21 heavy (non-hydrogen) atoms. The molecule has 0 aliphatic heterocycles. The van der Waals surface area contributed by atoms with Gasteiger partial charge in [-0.15, -0.1) is 0 Å². The molecule has 1 heterocycles. The van der Waals surface area contributed by atoms with Crippen LogP contribution in [-0.4, -0.2) is 9.19 Å². The standard InChI is InChI=1S/C16H13BrN2OS/c17-12-5-6-16(14(18)9-12)21(20)10-11-7-8-19-15-4-2-1-3-13(11)15/h1-9H,10,18H2. The van der Waals surface area contributed by atoms with E-state index in [0.29, 0.717) is 16.3 Å². The van der Waals surface area contributed by atoms with Crippen LogP contribution in [0.25, 0.3) is 10.9 Å². The van der Waals surface area contributed by atoms with E-state index in [1.165, 1.54) is 0 Å². The zero-order valence-electron chi connectivity index (χ0n) is 11.1. The van der Waals surface area contributed by atoms with Gasteiger partial charge in [-0.05, 0) is 35.9 Å². The number of nitrogens with two attached hydrogens (primary N) is 1. The average molecular weight is 361 g/mol. The van der Waals surface area contributed by atoms with Gasteiger partial charge in [0.05, 0.1) is 27.0 Å². The molecule has 0 saturated carbocycles. The van der Waals surface area contributed by atoms with E-state index in [4.69, 9.17) is 5.73 Å². The van der Waals surface area contributed by atoms with Gasteiger partial charge in [-0.3, -0.25) is 9.19 Å². The van der Waals surface area contributed by atoms with Gasteiger partial charge in [-0.25, -0.2) is 0 Å². The van der Waals surface area contributed by atoms with Crippen LogP contribution in [0.3, 0.4) is 0 Å². The van der Waals surface area contributed by atoms with E-state index in [1.54, 1.807) is 18.3 Å². The fraction of sp³-hybridized carbons (Fsp3) is 0.0625. The smallest absolute Gasteiger partial charge is 0.0705 e. The number of fused-ring (bicyclic) bond motifs is 1. The van der Waals surface area contributed by atoms with Gasteiger partial charge >= 0.3 is 0 Å². The third-order valence-corrected chi connectivity index (χ3v) is 5.17. The Balaban J connectivity index is 1.97. The molecule has 5 heteroatoms. The molecule has 0 spiro atoms. The highest BCUT2D eigenvalue weighted by molar-refractivity contribution is 9.10. The van der Waals surface area contributed by atoms with Crippen molar-refractivity contribution in [2.24, 2.45) is 0 Å². The van der Waals surface area contributed by atoms with Crippen molar-refractivity contribution in [1.82, 2.24) is 4.98 Å². The Bertz CT molecular complexity index is 830. The quantitative estimate of drug-likeness (QED) is 0.720. The molecule has 3 nitrogen and oxygen atoms in total. The zero-order chi connectivity index (χ0) is 14.8. The summed E-state index contributed by atoms with van der Waals surface area (Å²) in [5.74, 6) is 0.425. The molecule has 106 valence electrons. The van der Waals surface area contributed by atoms with Gasteiger partial charge in [-0.2, -0.15) is 0 Å². The number of hydrogen-bond acceptors (Lipinski definition) is 3.